The fourth-order valence-corrected chi connectivity index (χ4v) is 5.95. The molecular formula is C21H26N2O2. The summed E-state index contributed by atoms with van der Waals surface area (Å²) in [5.41, 5.74) is 3.93. The average Bonchev–Trinajstić information content (AvgIpc) is 2.90. The molecule has 25 heavy (non-hydrogen) atoms. The van der Waals surface area contributed by atoms with Crippen LogP contribution in [0.5, 0.6) is 0 Å². The molecule has 4 nitrogen and oxygen atoms in total. The van der Waals surface area contributed by atoms with Gasteiger partial charge < -0.3 is 9.47 Å². The zero-order valence-corrected chi connectivity index (χ0v) is 15.3. The lowest BCUT2D eigenvalue weighted by Gasteiger charge is -2.44. The molecule has 2 aliphatic heterocycles. The third kappa shape index (κ3) is 2.06. The number of pyridine rings is 1. The molecule has 1 aromatic rings. The van der Waals surface area contributed by atoms with Crippen LogP contribution < -0.4 is 5.56 Å². The lowest BCUT2D eigenvalue weighted by Crippen LogP contribution is -2.46. The number of carbonyl (C=O) groups is 1. The molecule has 0 aromatic carbocycles. The van der Waals surface area contributed by atoms with Crippen LogP contribution in [0.4, 0.5) is 0 Å². The minimum absolute atomic E-state index is 0.129. The number of hydrogen-bond donors (Lipinski definition) is 0. The fraction of sp³-hybridized carbons (Fsp3) is 0.619. The Morgan fingerprint density at radius 2 is 1.96 bits per heavy atom. The number of Topliss-reactive ketones (excluding diaryl/α,β-unsaturated/α-hetero) is 1. The third-order valence-electron chi connectivity index (χ3n) is 7.41. The molecule has 4 aliphatic rings. The maximum absolute atomic E-state index is 12.5. The molecule has 1 saturated heterocycles. The first-order valence-corrected chi connectivity index (χ1v) is 9.56. The van der Waals surface area contributed by atoms with Crippen LogP contribution in [-0.4, -0.2) is 28.3 Å². The van der Waals surface area contributed by atoms with Gasteiger partial charge >= 0.3 is 0 Å². The predicted molar refractivity (Wildman–Crippen MR) is 96.2 cm³/mol. The van der Waals surface area contributed by atoms with Crippen LogP contribution in [0.15, 0.2) is 34.3 Å². The van der Waals surface area contributed by atoms with Gasteiger partial charge in [0.1, 0.15) is 0 Å². The van der Waals surface area contributed by atoms with Crippen LogP contribution in [0, 0.1) is 23.2 Å². The standard InChI is InChI=1S/C21H26N2O2/c1-12(19-17(24)8-15-20(19)21(15,2)3)22-9-13-7-14(11-22)16-5-4-6-18(25)23(16)10-13/h4-6,13-15,20H,7-11H2,1-3H3/t13-,14-,15+,20+/m0/s1. The Bertz CT molecular complexity index is 863. The van der Waals surface area contributed by atoms with E-state index in [2.05, 4.69) is 31.7 Å². The van der Waals surface area contributed by atoms with Gasteiger partial charge in [-0.25, -0.2) is 0 Å². The quantitative estimate of drug-likeness (QED) is 0.740. The van der Waals surface area contributed by atoms with Crippen molar-refractivity contribution in [3.8, 4) is 0 Å². The number of likely N-dealkylation sites (tertiary alicyclic amines) is 1. The first kappa shape index (κ1) is 15.4. The molecule has 0 unspecified atom stereocenters. The summed E-state index contributed by atoms with van der Waals surface area (Å²) in [7, 11) is 0. The number of nitrogens with zero attached hydrogens (tertiary/aromatic N) is 2. The van der Waals surface area contributed by atoms with Crippen molar-refractivity contribution in [2.45, 2.75) is 46.1 Å². The molecule has 3 fully saturated rings. The molecule has 5 rings (SSSR count). The normalized spacial score (nSPS) is 36.8. The first-order valence-electron chi connectivity index (χ1n) is 9.56. The number of fused-ring (bicyclic) bond motifs is 5. The molecule has 2 bridgehead atoms. The van der Waals surface area contributed by atoms with Gasteiger partial charge in [0.2, 0.25) is 0 Å². The Kier molecular flexibility index (Phi) is 3.00. The number of carbonyl (C=O) groups excluding carboxylic acids is 1. The number of hydrogen-bond acceptors (Lipinski definition) is 3. The van der Waals surface area contributed by atoms with Crippen molar-refractivity contribution >= 4 is 5.78 Å². The van der Waals surface area contributed by atoms with Crippen LogP contribution in [0.2, 0.25) is 0 Å². The number of allylic oxidation sites excluding steroid dienone is 2. The van der Waals surface area contributed by atoms with Gasteiger partial charge in [0, 0.05) is 55.0 Å². The summed E-state index contributed by atoms with van der Waals surface area (Å²) in [5.74, 6) is 2.31. The van der Waals surface area contributed by atoms with Crippen LogP contribution in [0.3, 0.4) is 0 Å². The van der Waals surface area contributed by atoms with Crippen LogP contribution in [0.25, 0.3) is 0 Å². The predicted octanol–water partition coefficient (Wildman–Crippen LogP) is 2.79. The average molecular weight is 338 g/mol. The molecule has 1 aromatic heterocycles. The number of piperidine rings is 1. The fourth-order valence-electron chi connectivity index (χ4n) is 5.95. The van der Waals surface area contributed by atoms with E-state index >= 15 is 0 Å². The first-order chi connectivity index (χ1) is 11.9. The molecule has 3 heterocycles. The summed E-state index contributed by atoms with van der Waals surface area (Å²) in [6.07, 6.45) is 1.90. The van der Waals surface area contributed by atoms with Crippen molar-refractivity contribution in [3.05, 3.63) is 45.5 Å². The second-order valence-electron chi connectivity index (χ2n) is 9.14. The second kappa shape index (κ2) is 4.87. The number of aromatic nitrogens is 1. The summed E-state index contributed by atoms with van der Waals surface area (Å²) in [4.78, 5) is 27.2. The second-order valence-corrected chi connectivity index (χ2v) is 9.14. The Morgan fingerprint density at radius 3 is 2.72 bits per heavy atom. The van der Waals surface area contributed by atoms with Gasteiger partial charge in [0.05, 0.1) is 0 Å². The maximum atomic E-state index is 12.5. The molecule has 4 atom stereocenters. The molecule has 0 amide bonds. The van der Waals surface area contributed by atoms with Crippen LogP contribution in [-0.2, 0) is 11.3 Å². The van der Waals surface area contributed by atoms with E-state index in [1.165, 1.54) is 11.4 Å². The highest BCUT2D eigenvalue weighted by Crippen LogP contribution is 2.68. The van der Waals surface area contributed by atoms with Gasteiger partial charge in [-0.05, 0) is 42.6 Å². The number of ketones is 1. The molecule has 4 heteroatoms. The SMILES string of the molecule is CC(=C1C(=O)C[C@@H]2[C@H]1C2(C)C)N1C[C@@H]2C[C@@H](C1)c1cccc(=O)n1C2. The van der Waals surface area contributed by atoms with Gasteiger partial charge in [-0.2, -0.15) is 0 Å². The van der Waals surface area contributed by atoms with Crippen molar-refractivity contribution in [1.82, 2.24) is 9.47 Å². The van der Waals surface area contributed by atoms with Crippen LogP contribution >= 0.6 is 0 Å². The van der Waals surface area contributed by atoms with Crippen molar-refractivity contribution < 1.29 is 4.79 Å². The van der Waals surface area contributed by atoms with Crippen molar-refractivity contribution in [1.29, 1.82) is 0 Å². The summed E-state index contributed by atoms with van der Waals surface area (Å²) in [6, 6.07) is 5.66. The summed E-state index contributed by atoms with van der Waals surface area (Å²) < 4.78 is 1.97. The van der Waals surface area contributed by atoms with Gasteiger partial charge in [-0.15, -0.1) is 0 Å². The summed E-state index contributed by atoms with van der Waals surface area (Å²) >= 11 is 0. The van der Waals surface area contributed by atoms with Gasteiger partial charge in [-0.3, -0.25) is 9.59 Å². The van der Waals surface area contributed by atoms with E-state index in [1.54, 1.807) is 6.07 Å². The topological polar surface area (TPSA) is 42.3 Å². The third-order valence-corrected chi connectivity index (χ3v) is 7.41. The minimum Gasteiger partial charge on any atom is -0.374 e. The number of rotatable bonds is 1. The Hall–Kier alpha value is -1.84. The molecule has 0 radical (unpaired) electrons. The molecular weight excluding hydrogens is 312 g/mol. The van der Waals surface area contributed by atoms with Gasteiger partial charge in [0.15, 0.2) is 5.78 Å². The Morgan fingerprint density at radius 1 is 1.16 bits per heavy atom. The van der Waals surface area contributed by atoms with Gasteiger partial charge in [0.25, 0.3) is 5.56 Å². The van der Waals surface area contributed by atoms with Crippen molar-refractivity contribution in [2.24, 2.45) is 23.2 Å². The minimum atomic E-state index is 0.129. The van der Waals surface area contributed by atoms with E-state index < -0.39 is 0 Å². The van der Waals surface area contributed by atoms with Crippen LogP contribution in [0.1, 0.15) is 45.2 Å². The lowest BCUT2D eigenvalue weighted by atomic mass is 9.82. The highest BCUT2D eigenvalue weighted by molar-refractivity contribution is 6.01. The van der Waals surface area contributed by atoms with Crippen molar-refractivity contribution in [3.63, 3.8) is 0 Å². The lowest BCUT2D eigenvalue weighted by molar-refractivity contribution is -0.115. The summed E-state index contributed by atoms with van der Waals surface area (Å²) in [5, 5.41) is 0. The van der Waals surface area contributed by atoms with E-state index in [-0.39, 0.29) is 5.56 Å². The molecule has 2 saturated carbocycles. The molecule has 0 spiro atoms. The molecule has 132 valence electrons. The zero-order valence-electron chi connectivity index (χ0n) is 15.3. The van der Waals surface area contributed by atoms with Crippen molar-refractivity contribution in [2.75, 3.05) is 13.1 Å². The van der Waals surface area contributed by atoms with E-state index in [9.17, 15) is 9.59 Å². The van der Waals surface area contributed by atoms with E-state index in [0.29, 0.717) is 34.9 Å². The maximum Gasteiger partial charge on any atom is 0.250 e. The van der Waals surface area contributed by atoms with E-state index in [1.807, 2.05) is 10.6 Å². The monoisotopic (exact) mass is 338 g/mol. The largest absolute Gasteiger partial charge is 0.374 e. The zero-order chi connectivity index (χ0) is 17.5. The Balaban J connectivity index is 1.49. The summed E-state index contributed by atoms with van der Waals surface area (Å²) in [6.45, 7) is 9.47. The molecule has 0 N–H and O–H groups in total. The van der Waals surface area contributed by atoms with E-state index in [4.69, 9.17) is 0 Å². The Labute approximate surface area is 148 Å². The van der Waals surface area contributed by atoms with E-state index in [0.717, 1.165) is 38.0 Å². The molecule has 2 aliphatic carbocycles. The highest BCUT2D eigenvalue weighted by atomic mass is 16.1. The highest BCUT2D eigenvalue weighted by Gasteiger charge is 2.65. The smallest absolute Gasteiger partial charge is 0.250 e. The van der Waals surface area contributed by atoms with Gasteiger partial charge in [-0.1, -0.05) is 19.9 Å².